The van der Waals surface area contributed by atoms with Crippen molar-refractivity contribution in [2.24, 2.45) is 0 Å². The van der Waals surface area contributed by atoms with Crippen LogP contribution in [0.5, 0.6) is 0 Å². The minimum Gasteiger partial charge on any atom is -0.466 e. The van der Waals surface area contributed by atoms with Crippen molar-refractivity contribution >= 4 is 5.97 Å². The quantitative estimate of drug-likeness (QED) is 0.333. The van der Waals surface area contributed by atoms with Crippen LogP contribution in [0.2, 0.25) is 0 Å². The van der Waals surface area contributed by atoms with Gasteiger partial charge in [0.15, 0.2) is 6.29 Å². The minimum absolute atomic E-state index is 0.0284. The number of esters is 1. The van der Waals surface area contributed by atoms with Gasteiger partial charge in [-0.2, -0.15) is 0 Å². The highest BCUT2D eigenvalue weighted by molar-refractivity contribution is 5.69. The van der Waals surface area contributed by atoms with Crippen LogP contribution in [0.25, 0.3) is 0 Å². The van der Waals surface area contributed by atoms with Crippen LogP contribution >= 0.6 is 0 Å². The van der Waals surface area contributed by atoms with Crippen molar-refractivity contribution in [2.45, 2.75) is 96.7 Å². The molecule has 1 aliphatic rings. The van der Waals surface area contributed by atoms with Crippen molar-refractivity contribution < 1.29 is 19.0 Å². The molecule has 0 spiro atoms. The van der Waals surface area contributed by atoms with Gasteiger partial charge in [-0.3, -0.25) is 4.79 Å². The van der Waals surface area contributed by atoms with E-state index in [0.717, 1.165) is 64.6 Å². The molecule has 0 radical (unpaired) electrons. The van der Waals surface area contributed by atoms with Crippen LogP contribution in [0.15, 0.2) is 0 Å². The highest BCUT2D eigenvalue weighted by atomic mass is 16.7. The fraction of sp³-hybridized carbons (Fsp3) is 0.947. The van der Waals surface area contributed by atoms with E-state index in [9.17, 15) is 4.79 Å². The Morgan fingerprint density at radius 3 is 2.43 bits per heavy atom. The molecule has 0 aromatic heterocycles. The molecule has 1 heterocycles. The maximum absolute atomic E-state index is 11.5. The average molecular weight is 328 g/mol. The Balaban J connectivity index is 1.77. The molecule has 0 bridgehead atoms. The van der Waals surface area contributed by atoms with Gasteiger partial charge >= 0.3 is 5.97 Å². The topological polar surface area (TPSA) is 44.8 Å². The average Bonchev–Trinajstić information content (AvgIpc) is 2.58. The third-order valence-corrected chi connectivity index (χ3v) is 4.23. The van der Waals surface area contributed by atoms with E-state index in [-0.39, 0.29) is 12.3 Å². The second-order valence-corrected chi connectivity index (χ2v) is 6.47. The van der Waals surface area contributed by atoms with Crippen LogP contribution in [-0.2, 0) is 19.0 Å². The second-order valence-electron chi connectivity index (χ2n) is 6.47. The Labute approximate surface area is 142 Å². The lowest BCUT2D eigenvalue weighted by molar-refractivity contribution is -0.162. The van der Waals surface area contributed by atoms with E-state index in [1.165, 1.54) is 25.7 Å². The number of rotatable bonds is 14. The van der Waals surface area contributed by atoms with Crippen molar-refractivity contribution in [3.63, 3.8) is 0 Å². The van der Waals surface area contributed by atoms with Crippen LogP contribution in [-0.4, -0.2) is 32.1 Å². The number of hydrogen-bond acceptors (Lipinski definition) is 4. The lowest BCUT2D eigenvalue weighted by Gasteiger charge is -2.22. The first kappa shape index (κ1) is 20.4. The summed E-state index contributed by atoms with van der Waals surface area (Å²) in [5, 5.41) is 0. The van der Waals surface area contributed by atoms with Gasteiger partial charge < -0.3 is 14.2 Å². The van der Waals surface area contributed by atoms with E-state index >= 15 is 0 Å². The number of hydrogen-bond donors (Lipinski definition) is 0. The van der Waals surface area contributed by atoms with Gasteiger partial charge in [0.2, 0.25) is 0 Å². The number of unbranched alkanes of at least 4 members (excludes halogenated alkanes) is 7. The molecule has 23 heavy (non-hydrogen) atoms. The Morgan fingerprint density at radius 2 is 1.70 bits per heavy atom. The molecular weight excluding hydrogens is 292 g/mol. The molecule has 4 heteroatoms. The third kappa shape index (κ3) is 12.5. The summed E-state index contributed by atoms with van der Waals surface area (Å²) >= 11 is 0. The van der Waals surface area contributed by atoms with Gasteiger partial charge in [-0.1, -0.05) is 39.0 Å². The van der Waals surface area contributed by atoms with E-state index in [1.807, 2.05) is 0 Å². The molecule has 1 unspecified atom stereocenters. The molecule has 1 atom stereocenters. The third-order valence-electron chi connectivity index (χ3n) is 4.23. The lowest BCUT2D eigenvalue weighted by atomic mass is 10.1. The molecule has 1 saturated heterocycles. The van der Waals surface area contributed by atoms with Gasteiger partial charge in [0.05, 0.1) is 6.61 Å². The fourth-order valence-electron chi connectivity index (χ4n) is 2.75. The van der Waals surface area contributed by atoms with Crippen molar-refractivity contribution in [3.8, 4) is 0 Å². The highest BCUT2D eigenvalue weighted by Crippen LogP contribution is 2.14. The summed E-state index contributed by atoms with van der Waals surface area (Å²) < 4.78 is 16.5. The zero-order valence-electron chi connectivity index (χ0n) is 15.0. The summed E-state index contributed by atoms with van der Waals surface area (Å²) in [4.78, 5) is 11.5. The molecule has 0 aromatic carbocycles. The maximum Gasteiger partial charge on any atom is 0.305 e. The minimum atomic E-state index is -0.0284. The smallest absolute Gasteiger partial charge is 0.305 e. The van der Waals surface area contributed by atoms with Crippen molar-refractivity contribution in [3.05, 3.63) is 0 Å². The summed E-state index contributed by atoms with van der Waals surface area (Å²) in [6, 6.07) is 0. The molecule has 0 amide bonds. The predicted molar refractivity (Wildman–Crippen MR) is 92.3 cm³/mol. The monoisotopic (exact) mass is 328 g/mol. The van der Waals surface area contributed by atoms with Crippen molar-refractivity contribution in [1.82, 2.24) is 0 Å². The van der Waals surface area contributed by atoms with Crippen molar-refractivity contribution in [2.75, 3.05) is 19.8 Å². The van der Waals surface area contributed by atoms with Crippen LogP contribution in [0.3, 0.4) is 0 Å². The molecular formula is C19H36O4. The molecule has 0 saturated carbocycles. The predicted octanol–water partition coefficient (Wildman–Crippen LogP) is 4.99. The van der Waals surface area contributed by atoms with Crippen LogP contribution < -0.4 is 0 Å². The van der Waals surface area contributed by atoms with Crippen LogP contribution in [0, 0.1) is 0 Å². The summed E-state index contributed by atoms with van der Waals surface area (Å²) in [6.45, 7) is 4.39. The fourth-order valence-corrected chi connectivity index (χ4v) is 2.75. The zero-order chi connectivity index (χ0) is 16.6. The molecule has 1 fully saturated rings. The lowest BCUT2D eigenvalue weighted by Crippen LogP contribution is -2.22. The molecule has 0 N–H and O–H groups in total. The first-order chi connectivity index (χ1) is 11.3. The summed E-state index contributed by atoms with van der Waals surface area (Å²) in [6.07, 6.45) is 14.1. The molecule has 136 valence electrons. The van der Waals surface area contributed by atoms with E-state index in [2.05, 4.69) is 6.92 Å². The Hall–Kier alpha value is -0.610. The molecule has 1 rings (SSSR count). The van der Waals surface area contributed by atoms with E-state index in [1.54, 1.807) is 0 Å². The summed E-state index contributed by atoms with van der Waals surface area (Å²) in [5.41, 5.74) is 0. The molecule has 0 aliphatic carbocycles. The number of carbonyl (C=O) groups is 1. The van der Waals surface area contributed by atoms with Crippen LogP contribution in [0.4, 0.5) is 0 Å². The SMILES string of the molecule is CCCCCCCC(=O)OCCCCCCOC1CCCCO1. The van der Waals surface area contributed by atoms with Gasteiger partial charge in [-0.25, -0.2) is 0 Å². The van der Waals surface area contributed by atoms with Crippen LogP contribution in [0.1, 0.15) is 90.4 Å². The van der Waals surface area contributed by atoms with E-state index < -0.39 is 0 Å². The molecule has 4 nitrogen and oxygen atoms in total. The second kappa shape index (κ2) is 14.9. The van der Waals surface area contributed by atoms with Gasteiger partial charge in [0, 0.05) is 19.6 Å². The number of carbonyl (C=O) groups excluding carboxylic acids is 1. The maximum atomic E-state index is 11.5. The molecule has 1 aliphatic heterocycles. The van der Waals surface area contributed by atoms with Gasteiger partial charge in [-0.15, -0.1) is 0 Å². The standard InChI is InChI=1S/C19H36O4/c1-2-3-4-5-8-13-18(20)21-15-10-6-7-11-16-22-19-14-9-12-17-23-19/h19H,2-17H2,1H3. The van der Waals surface area contributed by atoms with Gasteiger partial charge in [0.25, 0.3) is 0 Å². The Kier molecular flexibility index (Phi) is 13.3. The first-order valence-electron chi connectivity index (χ1n) is 9.71. The highest BCUT2D eigenvalue weighted by Gasteiger charge is 2.13. The Morgan fingerprint density at radius 1 is 0.957 bits per heavy atom. The summed E-state index contributed by atoms with van der Waals surface area (Å²) in [7, 11) is 0. The van der Waals surface area contributed by atoms with Gasteiger partial charge in [-0.05, 0) is 44.9 Å². The Bertz CT molecular complexity index is 275. The van der Waals surface area contributed by atoms with E-state index in [0.29, 0.717) is 13.0 Å². The van der Waals surface area contributed by atoms with Crippen molar-refractivity contribution in [1.29, 1.82) is 0 Å². The normalized spacial score (nSPS) is 18.0. The molecule has 0 aromatic rings. The first-order valence-corrected chi connectivity index (χ1v) is 9.71. The number of ether oxygens (including phenoxy) is 3. The summed E-state index contributed by atoms with van der Waals surface area (Å²) in [5.74, 6) is -0.0284. The zero-order valence-corrected chi connectivity index (χ0v) is 15.0. The van der Waals surface area contributed by atoms with E-state index in [4.69, 9.17) is 14.2 Å². The largest absolute Gasteiger partial charge is 0.466 e. The van der Waals surface area contributed by atoms with Gasteiger partial charge in [0.1, 0.15) is 0 Å².